The van der Waals surface area contributed by atoms with Crippen LogP contribution in [0.3, 0.4) is 0 Å². The van der Waals surface area contributed by atoms with Crippen LogP contribution in [0.5, 0.6) is 0 Å². The number of urea groups is 1. The van der Waals surface area contributed by atoms with Crippen LogP contribution in [0.25, 0.3) is 0 Å². The maximum Gasteiger partial charge on any atom is 0.338 e. The van der Waals surface area contributed by atoms with Crippen LogP contribution in [-0.4, -0.2) is 46.8 Å². The molecule has 0 fully saturated rings. The molecule has 0 saturated carbocycles. The number of nitrogens with one attached hydrogen (secondary N) is 1. The van der Waals surface area contributed by atoms with Crippen molar-refractivity contribution in [2.45, 2.75) is 19.4 Å². The molecule has 0 aliphatic rings. The molecule has 100 valence electrons. The summed E-state index contributed by atoms with van der Waals surface area (Å²) in [4.78, 5) is 24.0. The molecule has 18 heavy (non-hydrogen) atoms. The van der Waals surface area contributed by atoms with E-state index in [4.69, 9.17) is 10.2 Å². The van der Waals surface area contributed by atoms with Gasteiger partial charge in [-0.25, -0.2) is 9.59 Å². The number of nitrogens with zero attached hydrogens (tertiary/aromatic N) is 1. The number of aliphatic hydroxyl groups excluding tert-OH is 1. The monoisotopic (exact) mass is 272 g/mol. The first kappa shape index (κ1) is 14.5. The number of hydrogen-bond donors (Lipinski definition) is 3. The number of carboxylic acid groups (broad SMARTS) is 1. The van der Waals surface area contributed by atoms with Crippen LogP contribution in [0.2, 0.25) is 0 Å². The third-order valence-corrected chi connectivity index (χ3v) is 3.17. The molecule has 0 bridgehead atoms. The topological polar surface area (TPSA) is 89.9 Å². The average Bonchev–Trinajstić information content (AvgIpc) is 2.73. The van der Waals surface area contributed by atoms with Crippen molar-refractivity contribution < 1.29 is 19.8 Å². The van der Waals surface area contributed by atoms with Crippen molar-refractivity contribution in [2.75, 3.05) is 18.9 Å². The standard InChI is InChI=1S/C11H16N2O4S/c1-7(14)3-5-13(2)11(17)12-9-8(10(15)16)4-6-18-9/h4,6-7,14H,3,5H2,1-2H3,(H,12,17)(H,15,16). The summed E-state index contributed by atoms with van der Waals surface area (Å²) in [5.41, 5.74) is 0.0808. The zero-order chi connectivity index (χ0) is 13.7. The van der Waals surface area contributed by atoms with E-state index in [-0.39, 0.29) is 11.6 Å². The number of hydrogen-bond acceptors (Lipinski definition) is 4. The van der Waals surface area contributed by atoms with Crippen molar-refractivity contribution in [1.82, 2.24) is 4.90 Å². The first-order valence-electron chi connectivity index (χ1n) is 5.42. The smallest absolute Gasteiger partial charge is 0.338 e. The third-order valence-electron chi connectivity index (χ3n) is 2.35. The van der Waals surface area contributed by atoms with Crippen LogP contribution >= 0.6 is 11.3 Å². The zero-order valence-electron chi connectivity index (χ0n) is 10.2. The fraction of sp³-hybridized carbons (Fsp3) is 0.455. The molecule has 1 rings (SSSR count). The summed E-state index contributed by atoms with van der Waals surface area (Å²) in [7, 11) is 1.59. The van der Waals surface area contributed by atoms with Gasteiger partial charge in [-0.2, -0.15) is 0 Å². The molecule has 0 spiro atoms. The lowest BCUT2D eigenvalue weighted by atomic mass is 10.3. The number of aromatic carboxylic acids is 1. The molecule has 2 amide bonds. The number of amides is 2. The van der Waals surface area contributed by atoms with Gasteiger partial charge in [0.25, 0.3) is 0 Å². The van der Waals surface area contributed by atoms with Gasteiger partial charge in [-0.15, -0.1) is 11.3 Å². The Morgan fingerprint density at radius 1 is 1.56 bits per heavy atom. The second kappa shape index (κ2) is 6.36. The molecule has 0 radical (unpaired) electrons. The second-order valence-corrected chi connectivity index (χ2v) is 4.87. The number of carboxylic acids is 1. The largest absolute Gasteiger partial charge is 0.478 e. The molecular formula is C11H16N2O4S. The predicted molar refractivity (Wildman–Crippen MR) is 69.2 cm³/mol. The number of rotatable bonds is 5. The van der Waals surface area contributed by atoms with Crippen LogP contribution in [0.4, 0.5) is 9.80 Å². The number of aliphatic hydroxyl groups is 1. The molecule has 0 aromatic carbocycles. The van der Waals surface area contributed by atoms with E-state index in [1.165, 1.54) is 11.0 Å². The van der Waals surface area contributed by atoms with Crippen molar-refractivity contribution in [3.05, 3.63) is 17.0 Å². The van der Waals surface area contributed by atoms with E-state index in [1.807, 2.05) is 0 Å². The number of carbonyl (C=O) groups is 2. The van der Waals surface area contributed by atoms with Gasteiger partial charge in [0.1, 0.15) is 5.00 Å². The molecular weight excluding hydrogens is 256 g/mol. The van der Waals surface area contributed by atoms with Crippen molar-refractivity contribution in [3.63, 3.8) is 0 Å². The van der Waals surface area contributed by atoms with Crippen LogP contribution in [0.15, 0.2) is 11.4 Å². The van der Waals surface area contributed by atoms with Crippen LogP contribution in [0, 0.1) is 0 Å². The van der Waals surface area contributed by atoms with Gasteiger partial charge in [0.2, 0.25) is 0 Å². The Kier molecular flexibility index (Phi) is 5.11. The van der Waals surface area contributed by atoms with E-state index >= 15 is 0 Å². The van der Waals surface area contributed by atoms with Crippen molar-refractivity contribution in [3.8, 4) is 0 Å². The van der Waals surface area contributed by atoms with Gasteiger partial charge in [-0.1, -0.05) is 0 Å². The van der Waals surface area contributed by atoms with Crippen molar-refractivity contribution in [1.29, 1.82) is 0 Å². The molecule has 0 aliphatic carbocycles. The highest BCUT2D eigenvalue weighted by atomic mass is 32.1. The summed E-state index contributed by atoms with van der Waals surface area (Å²) in [5, 5.41) is 22.5. The maximum atomic E-state index is 11.7. The van der Waals surface area contributed by atoms with E-state index in [0.717, 1.165) is 11.3 Å². The molecule has 1 atom stereocenters. The van der Waals surface area contributed by atoms with E-state index in [1.54, 1.807) is 19.4 Å². The Morgan fingerprint density at radius 2 is 2.22 bits per heavy atom. The quantitative estimate of drug-likeness (QED) is 0.760. The molecule has 1 unspecified atom stereocenters. The summed E-state index contributed by atoms with van der Waals surface area (Å²) in [6.07, 6.45) is -0.00303. The molecule has 1 aromatic rings. The zero-order valence-corrected chi connectivity index (χ0v) is 11.0. The summed E-state index contributed by atoms with van der Waals surface area (Å²) in [6, 6.07) is 1.05. The van der Waals surface area contributed by atoms with Crippen LogP contribution < -0.4 is 5.32 Å². The highest BCUT2D eigenvalue weighted by Crippen LogP contribution is 2.23. The Morgan fingerprint density at radius 3 is 2.78 bits per heavy atom. The summed E-state index contributed by atoms with van der Waals surface area (Å²) in [6.45, 7) is 2.05. The minimum absolute atomic E-state index is 0.0808. The lowest BCUT2D eigenvalue weighted by molar-refractivity contribution is 0.0698. The van der Waals surface area contributed by atoms with E-state index in [2.05, 4.69) is 5.32 Å². The lowest BCUT2D eigenvalue weighted by Gasteiger charge is -2.18. The van der Waals surface area contributed by atoms with Gasteiger partial charge in [0, 0.05) is 13.6 Å². The van der Waals surface area contributed by atoms with Gasteiger partial charge in [-0.05, 0) is 24.8 Å². The van der Waals surface area contributed by atoms with Crippen LogP contribution in [-0.2, 0) is 0 Å². The van der Waals surface area contributed by atoms with Gasteiger partial charge < -0.3 is 15.1 Å². The Balaban J connectivity index is 2.58. The normalized spacial score (nSPS) is 11.9. The Bertz CT molecular complexity index is 430. The fourth-order valence-electron chi connectivity index (χ4n) is 1.25. The van der Waals surface area contributed by atoms with Gasteiger partial charge in [0.05, 0.1) is 11.7 Å². The number of carbonyl (C=O) groups excluding carboxylic acids is 1. The first-order chi connectivity index (χ1) is 8.41. The van der Waals surface area contributed by atoms with Gasteiger partial charge >= 0.3 is 12.0 Å². The lowest BCUT2D eigenvalue weighted by Crippen LogP contribution is -2.33. The van der Waals surface area contributed by atoms with Gasteiger partial charge in [0.15, 0.2) is 0 Å². The molecule has 1 aromatic heterocycles. The fourth-order valence-corrected chi connectivity index (χ4v) is 2.02. The van der Waals surface area contributed by atoms with E-state index in [0.29, 0.717) is 18.0 Å². The molecule has 1 heterocycles. The van der Waals surface area contributed by atoms with Crippen molar-refractivity contribution >= 4 is 28.3 Å². The minimum Gasteiger partial charge on any atom is -0.478 e. The minimum atomic E-state index is -1.07. The third kappa shape index (κ3) is 4.01. The highest BCUT2D eigenvalue weighted by molar-refractivity contribution is 7.14. The number of thiophene rings is 1. The number of anilines is 1. The Hall–Kier alpha value is -1.60. The second-order valence-electron chi connectivity index (χ2n) is 3.96. The van der Waals surface area contributed by atoms with Gasteiger partial charge in [-0.3, -0.25) is 5.32 Å². The molecule has 0 saturated heterocycles. The molecule has 6 nitrogen and oxygen atoms in total. The molecule has 3 N–H and O–H groups in total. The van der Waals surface area contributed by atoms with Crippen LogP contribution in [0.1, 0.15) is 23.7 Å². The summed E-state index contributed by atoms with van der Waals surface area (Å²) >= 11 is 1.16. The Labute approximate surface area is 109 Å². The first-order valence-corrected chi connectivity index (χ1v) is 6.30. The molecule has 0 aliphatic heterocycles. The van der Waals surface area contributed by atoms with Crippen molar-refractivity contribution in [2.24, 2.45) is 0 Å². The maximum absolute atomic E-state index is 11.7. The summed E-state index contributed by atoms with van der Waals surface area (Å²) in [5.74, 6) is -1.07. The van der Waals surface area contributed by atoms with E-state index in [9.17, 15) is 9.59 Å². The summed E-state index contributed by atoms with van der Waals surface area (Å²) < 4.78 is 0. The highest BCUT2D eigenvalue weighted by Gasteiger charge is 2.16. The van der Waals surface area contributed by atoms with E-state index < -0.39 is 12.1 Å². The average molecular weight is 272 g/mol. The SMILES string of the molecule is CC(O)CCN(C)C(=O)Nc1sccc1C(=O)O. The molecule has 7 heteroatoms. The predicted octanol–water partition coefficient (Wildman–Crippen LogP) is 1.68.